The second-order valence-corrected chi connectivity index (χ2v) is 6.64. The Hall–Kier alpha value is -2.25. The first-order valence-electron chi connectivity index (χ1n) is 8.29. The Morgan fingerprint density at radius 3 is 2.73 bits per heavy atom. The second kappa shape index (κ2) is 7.97. The van der Waals surface area contributed by atoms with Gasteiger partial charge in [-0.15, -0.1) is 0 Å². The van der Waals surface area contributed by atoms with Crippen LogP contribution in [0.1, 0.15) is 19.4 Å². The van der Waals surface area contributed by atoms with Crippen molar-refractivity contribution in [2.75, 3.05) is 26.5 Å². The molecule has 2 aliphatic rings. The third kappa shape index (κ3) is 4.47. The summed E-state index contributed by atoms with van der Waals surface area (Å²) in [5.74, 6) is 0.170. The van der Waals surface area contributed by atoms with E-state index in [9.17, 15) is 9.59 Å². The summed E-state index contributed by atoms with van der Waals surface area (Å²) in [7, 11) is 0. The molecule has 1 fully saturated rings. The maximum absolute atomic E-state index is 12.2. The maximum Gasteiger partial charge on any atom is 0.331 e. The fourth-order valence-electron chi connectivity index (χ4n) is 2.90. The molecular formula is C18H20ClNO6. The van der Waals surface area contributed by atoms with Gasteiger partial charge in [0.05, 0.1) is 17.2 Å². The topological polar surface area (TPSA) is 74.3 Å². The van der Waals surface area contributed by atoms with E-state index in [-0.39, 0.29) is 31.5 Å². The lowest BCUT2D eigenvalue weighted by Gasteiger charge is -2.35. The zero-order valence-electron chi connectivity index (χ0n) is 14.6. The van der Waals surface area contributed by atoms with E-state index in [4.69, 9.17) is 30.5 Å². The molecule has 0 radical (unpaired) electrons. The lowest BCUT2D eigenvalue weighted by atomic mass is 10.2. The molecule has 8 heteroatoms. The first-order valence-corrected chi connectivity index (χ1v) is 8.67. The molecular weight excluding hydrogens is 362 g/mol. The Balaban J connectivity index is 1.52. The van der Waals surface area contributed by atoms with Gasteiger partial charge in [-0.25, -0.2) is 4.79 Å². The molecule has 7 nitrogen and oxygen atoms in total. The monoisotopic (exact) mass is 381 g/mol. The number of halogens is 1. The number of ether oxygens (including phenoxy) is 4. The fourth-order valence-corrected chi connectivity index (χ4v) is 3.18. The van der Waals surface area contributed by atoms with Crippen LogP contribution in [-0.4, -0.2) is 55.5 Å². The summed E-state index contributed by atoms with van der Waals surface area (Å²) in [6.07, 6.45) is 2.72. The van der Waals surface area contributed by atoms with Crippen LogP contribution in [0.15, 0.2) is 18.2 Å². The van der Waals surface area contributed by atoms with Gasteiger partial charge in [-0.05, 0) is 37.6 Å². The van der Waals surface area contributed by atoms with Gasteiger partial charge in [-0.2, -0.15) is 0 Å². The highest BCUT2D eigenvalue weighted by molar-refractivity contribution is 6.32. The van der Waals surface area contributed by atoms with Crippen LogP contribution >= 0.6 is 11.6 Å². The molecule has 140 valence electrons. The van der Waals surface area contributed by atoms with Gasteiger partial charge in [-0.3, -0.25) is 4.79 Å². The van der Waals surface area contributed by atoms with Crippen molar-refractivity contribution in [2.45, 2.75) is 26.1 Å². The summed E-state index contributed by atoms with van der Waals surface area (Å²) in [6.45, 7) is 4.61. The van der Waals surface area contributed by atoms with Crippen LogP contribution in [-0.2, 0) is 19.1 Å². The molecule has 1 aromatic rings. The van der Waals surface area contributed by atoms with Crippen molar-refractivity contribution in [3.8, 4) is 11.5 Å². The van der Waals surface area contributed by atoms with E-state index in [0.29, 0.717) is 35.2 Å². The Kier molecular flexibility index (Phi) is 5.68. The summed E-state index contributed by atoms with van der Waals surface area (Å²) in [4.78, 5) is 25.7. The third-order valence-electron chi connectivity index (χ3n) is 3.97. The molecule has 1 amide bonds. The lowest BCUT2D eigenvalue weighted by molar-refractivity contribution is -0.154. The molecule has 1 aromatic carbocycles. The Morgan fingerprint density at radius 1 is 1.27 bits per heavy atom. The number of nitrogens with zero attached hydrogens (tertiary/aromatic N) is 1. The second-order valence-electron chi connectivity index (χ2n) is 6.23. The molecule has 0 bridgehead atoms. The highest BCUT2D eigenvalue weighted by Crippen LogP contribution is 2.40. The summed E-state index contributed by atoms with van der Waals surface area (Å²) in [5, 5.41) is 0.402. The number of rotatable bonds is 4. The van der Waals surface area contributed by atoms with E-state index in [1.54, 1.807) is 23.1 Å². The van der Waals surface area contributed by atoms with Gasteiger partial charge >= 0.3 is 5.97 Å². The molecule has 2 heterocycles. The molecule has 2 aliphatic heterocycles. The SMILES string of the molecule is C[C@@H]1CN(C(=O)COC(=O)/C=C/c2cc(Cl)c3c(c2)OCO3)C[C@H](C)O1. The summed E-state index contributed by atoms with van der Waals surface area (Å²) < 4.78 is 21.1. The largest absolute Gasteiger partial charge is 0.454 e. The molecule has 0 N–H and O–H groups in total. The Bertz CT molecular complexity index is 725. The number of amides is 1. The molecule has 0 spiro atoms. The predicted molar refractivity (Wildman–Crippen MR) is 94.2 cm³/mol. The molecule has 0 saturated carbocycles. The van der Waals surface area contributed by atoms with Crippen LogP contribution in [0.25, 0.3) is 6.08 Å². The highest BCUT2D eigenvalue weighted by Gasteiger charge is 2.26. The number of carbonyl (C=O) groups excluding carboxylic acids is 2. The van der Waals surface area contributed by atoms with Gasteiger partial charge in [-0.1, -0.05) is 11.6 Å². The van der Waals surface area contributed by atoms with Gasteiger partial charge < -0.3 is 23.8 Å². The Labute approximate surface area is 156 Å². The van der Waals surface area contributed by atoms with Crippen LogP contribution in [0.4, 0.5) is 0 Å². The summed E-state index contributed by atoms with van der Waals surface area (Å²) in [5.41, 5.74) is 0.665. The number of morpholine rings is 1. The van der Waals surface area contributed by atoms with E-state index < -0.39 is 5.97 Å². The van der Waals surface area contributed by atoms with Crippen LogP contribution in [0.5, 0.6) is 11.5 Å². The van der Waals surface area contributed by atoms with Crippen molar-refractivity contribution >= 4 is 29.6 Å². The van der Waals surface area contributed by atoms with Crippen molar-refractivity contribution in [1.29, 1.82) is 0 Å². The maximum atomic E-state index is 12.2. The first kappa shape index (κ1) is 18.5. The van der Waals surface area contributed by atoms with E-state index in [2.05, 4.69) is 0 Å². The lowest BCUT2D eigenvalue weighted by Crippen LogP contribution is -2.49. The smallest absolute Gasteiger partial charge is 0.331 e. The van der Waals surface area contributed by atoms with Crippen LogP contribution < -0.4 is 9.47 Å². The van der Waals surface area contributed by atoms with Gasteiger partial charge in [0.2, 0.25) is 6.79 Å². The third-order valence-corrected chi connectivity index (χ3v) is 4.25. The zero-order chi connectivity index (χ0) is 18.7. The van der Waals surface area contributed by atoms with Crippen molar-refractivity contribution in [1.82, 2.24) is 4.90 Å². The number of benzene rings is 1. The molecule has 0 aromatic heterocycles. The first-order chi connectivity index (χ1) is 12.4. The minimum Gasteiger partial charge on any atom is -0.454 e. The minimum absolute atomic E-state index is 0.0333. The van der Waals surface area contributed by atoms with Crippen molar-refractivity contribution < 1.29 is 28.5 Å². The highest BCUT2D eigenvalue weighted by atomic mass is 35.5. The number of hydrogen-bond donors (Lipinski definition) is 0. The summed E-state index contributed by atoms with van der Waals surface area (Å²) in [6, 6.07) is 3.36. The molecule has 0 aliphatic carbocycles. The van der Waals surface area contributed by atoms with Crippen molar-refractivity contribution in [2.24, 2.45) is 0 Å². The van der Waals surface area contributed by atoms with E-state index in [1.807, 2.05) is 13.8 Å². The normalized spacial score (nSPS) is 21.9. The molecule has 26 heavy (non-hydrogen) atoms. The molecule has 3 rings (SSSR count). The zero-order valence-corrected chi connectivity index (χ0v) is 15.3. The van der Waals surface area contributed by atoms with Gasteiger partial charge in [0.15, 0.2) is 18.1 Å². The number of fused-ring (bicyclic) bond motifs is 1. The van der Waals surface area contributed by atoms with E-state index >= 15 is 0 Å². The van der Waals surface area contributed by atoms with E-state index in [0.717, 1.165) is 0 Å². The van der Waals surface area contributed by atoms with E-state index in [1.165, 1.54) is 6.08 Å². The molecule has 1 saturated heterocycles. The quantitative estimate of drug-likeness (QED) is 0.588. The van der Waals surface area contributed by atoms with Gasteiger partial charge in [0.25, 0.3) is 5.91 Å². The molecule has 0 unspecified atom stereocenters. The van der Waals surface area contributed by atoms with Gasteiger partial charge in [0.1, 0.15) is 0 Å². The predicted octanol–water partition coefficient (Wildman–Crippen LogP) is 2.26. The average molecular weight is 382 g/mol. The van der Waals surface area contributed by atoms with Crippen LogP contribution in [0.3, 0.4) is 0 Å². The minimum atomic E-state index is -0.610. The average Bonchev–Trinajstić information content (AvgIpc) is 3.06. The fraction of sp³-hybridized carbons (Fsp3) is 0.444. The van der Waals surface area contributed by atoms with Gasteiger partial charge in [0, 0.05) is 19.2 Å². The van der Waals surface area contributed by atoms with Crippen molar-refractivity contribution in [3.63, 3.8) is 0 Å². The molecule has 2 atom stereocenters. The number of carbonyl (C=O) groups is 2. The number of esters is 1. The van der Waals surface area contributed by atoms with Crippen LogP contribution in [0, 0.1) is 0 Å². The standard InChI is InChI=1S/C18H20ClNO6/c1-11-7-20(8-12(2)26-11)16(21)9-23-17(22)4-3-13-5-14(19)18-15(6-13)24-10-25-18/h3-6,11-12H,7-10H2,1-2H3/b4-3+/t11-,12+. The summed E-state index contributed by atoms with van der Waals surface area (Å²) >= 11 is 6.09. The van der Waals surface area contributed by atoms with Crippen molar-refractivity contribution in [3.05, 3.63) is 28.8 Å². The number of hydrogen-bond acceptors (Lipinski definition) is 6. The Morgan fingerprint density at radius 2 is 2.00 bits per heavy atom. The van der Waals surface area contributed by atoms with Crippen LogP contribution in [0.2, 0.25) is 5.02 Å².